The molecule has 1 aliphatic heterocycles. The highest BCUT2D eigenvalue weighted by molar-refractivity contribution is 5.93. The number of imidazole rings is 1. The summed E-state index contributed by atoms with van der Waals surface area (Å²) in [7, 11) is 0. The normalized spacial score (nSPS) is 15.1. The van der Waals surface area contributed by atoms with Crippen LogP contribution in [0.1, 0.15) is 29.9 Å². The second-order valence-electron chi connectivity index (χ2n) is 5.29. The van der Waals surface area contributed by atoms with Crippen molar-refractivity contribution in [3.8, 4) is 0 Å². The van der Waals surface area contributed by atoms with Crippen molar-refractivity contribution >= 4 is 11.6 Å². The minimum atomic E-state index is -0.0821. The van der Waals surface area contributed by atoms with Crippen LogP contribution in [0.15, 0.2) is 24.5 Å². The van der Waals surface area contributed by atoms with Crippen LogP contribution in [0.5, 0.6) is 0 Å². The van der Waals surface area contributed by atoms with Gasteiger partial charge < -0.3 is 10.1 Å². The fourth-order valence-corrected chi connectivity index (χ4v) is 2.50. The highest BCUT2D eigenvalue weighted by Crippen LogP contribution is 2.08. The standard InChI is InChI=1S/C15H20N4O2.C2H6/c1-12-2-3-14-17-10-13(19(14)11-12)15(20)16-4-5-18-6-8-21-9-7-18;1-2/h2-3,10-11H,4-9H2,1H3,(H,16,20);1-2H3. The van der Waals surface area contributed by atoms with E-state index in [-0.39, 0.29) is 5.91 Å². The number of hydrogen-bond acceptors (Lipinski definition) is 4. The van der Waals surface area contributed by atoms with E-state index < -0.39 is 0 Å². The van der Waals surface area contributed by atoms with Gasteiger partial charge in [-0.05, 0) is 18.6 Å². The molecule has 3 heterocycles. The summed E-state index contributed by atoms with van der Waals surface area (Å²) in [6.45, 7) is 10.9. The molecule has 0 unspecified atom stereocenters. The van der Waals surface area contributed by atoms with E-state index in [0.717, 1.165) is 44.1 Å². The van der Waals surface area contributed by atoms with E-state index in [1.807, 2.05) is 43.5 Å². The van der Waals surface area contributed by atoms with Crippen LogP contribution in [-0.2, 0) is 4.74 Å². The van der Waals surface area contributed by atoms with E-state index in [2.05, 4.69) is 15.2 Å². The van der Waals surface area contributed by atoms with Crippen LogP contribution in [0.2, 0.25) is 0 Å². The summed E-state index contributed by atoms with van der Waals surface area (Å²) in [6, 6.07) is 3.91. The van der Waals surface area contributed by atoms with Gasteiger partial charge in [-0.1, -0.05) is 19.9 Å². The molecule has 23 heavy (non-hydrogen) atoms. The monoisotopic (exact) mass is 318 g/mol. The summed E-state index contributed by atoms with van der Waals surface area (Å²) < 4.78 is 7.14. The number of aryl methyl sites for hydroxylation is 1. The SMILES string of the molecule is CC.Cc1ccc2ncc(C(=O)NCCN3CCOCC3)n2c1. The van der Waals surface area contributed by atoms with Crippen molar-refractivity contribution in [2.24, 2.45) is 0 Å². The molecule has 1 fully saturated rings. The molecule has 0 saturated carbocycles. The molecule has 126 valence electrons. The largest absolute Gasteiger partial charge is 0.379 e. The molecule has 6 nitrogen and oxygen atoms in total. The second-order valence-corrected chi connectivity index (χ2v) is 5.29. The number of carbonyl (C=O) groups excluding carboxylic acids is 1. The summed E-state index contributed by atoms with van der Waals surface area (Å²) in [5.74, 6) is -0.0821. The zero-order valence-corrected chi connectivity index (χ0v) is 14.2. The molecule has 0 aromatic carbocycles. The number of fused-ring (bicyclic) bond motifs is 1. The molecular formula is C17H26N4O2. The molecule has 0 bridgehead atoms. The Kier molecular flexibility index (Phi) is 6.55. The van der Waals surface area contributed by atoms with Crippen molar-refractivity contribution in [3.05, 3.63) is 35.8 Å². The van der Waals surface area contributed by atoms with Gasteiger partial charge in [-0.15, -0.1) is 0 Å². The van der Waals surface area contributed by atoms with Crippen LogP contribution in [0.3, 0.4) is 0 Å². The quantitative estimate of drug-likeness (QED) is 0.933. The molecule has 1 amide bonds. The molecule has 0 radical (unpaired) electrons. The molecule has 1 N–H and O–H groups in total. The van der Waals surface area contributed by atoms with Crippen LogP contribution in [-0.4, -0.2) is 59.6 Å². The van der Waals surface area contributed by atoms with Crippen LogP contribution in [0, 0.1) is 6.92 Å². The van der Waals surface area contributed by atoms with Crippen molar-refractivity contribution in [1.82, 2.24) is 19.6 Å². The third-order valence-electron chi connectivity index (χ3n) is 3.70. The molecule has 0 spiro atoms. The summed E-state index contributed by atoms with van der Waals surface area (Å²) in [6.07, 6.45) is 3.55. The first-order valence-corrected chi connectivity index (χ1v) is 8.26. The molecule has 0 aliphatic carbocycles. The molecule has 2 aromatic rings. The summed E-state index contributed by atoms with van der Waals surface area (Å²) in [5.41, 5.74) is 2.47. The van der Waals surface area contributed by atoms with Crippen molar-refractivity contribution in [2.45, 2.75) is 20.8 Å². The number of amides is 1. The van der Waals surface area contributed by atoms with Crippen LogP contribution < -0.4 is 5.32 Å². The average molecular weight is 318 g/mol. The molecule has 2 aromatic heterocycles. The minimum absolute atomic E-state index is 0.0821. The van der Waals surface area contributed by atoms with Gasteiger partial charge in [0.2, 0.25) is 0 Å². The Morgan fingerprint density at radius 3 is 2.78 bits per heavy atom. The van der Waals surface area contributed by atoms with Crippen LogP contribution in [0.4, 0.5) is 0 Å². The fourth-order valence-electron chi connectivity index (χ4n) is 2.50. The van der Waals surface area contributed by atoms with Gasteiger partial charge in [-0.25, -0.2) is 4.98 Å². The smallest absolute Gasteiger partial charge is 0.269 e. The Bertz CT molecular complexity index is 633. The van der Waals surface area contributed by atoms with Gasteiger partial charge >= 0.3 is 0 Å². The minimum Gasteiger partial charge on any atom is -0.379 e. The van der Waals surface area contributed by atoms with E-state index in [4.69, 9.17) is 4.74 Å². The lowest BCUT2D eigenvalue weighted by atomic mass is 10.3. The first-order valence-electron chi connectivity index (χ1n) is 8.26. The summed E-state index contributed by atoms with van der Waals surface area (Å²) in [5, 5.41) is 2.96. The topological polar surface area (TPSA) is 58.9 Å². The maximum Gasteiger partial charge on any atom is 0.269 e. The lowest BCUT2D eigenvalue weighted by Crippen LogP contribution is -2.41. The maximum absolute atomic E-state index is 12.3. The number of aromatic nitrogens is 2. The van der Waals surface area contributed by atoms with Crippen molar-refractivity contribution < 1.29 is 9.53 Å². The lowest BCUT2D eigenvalue weighted by Gasteiger charge is -2.26. The Morgan fingerprint density at radius 2 is 2.04 bits per heavy atom. The summed E-state index contributed by atoms with van der Waals surface area (Å²) in [4.78, 5) is 18.8. The zero-order chi connectivity index (χ0) is 16.7. The molecule has 0 atom stereocenters. The van der Waals surface area contributed by atoms with E-state index in [1.54, 1.807) is 6.20 Å². The molecule has 6 heteroatoms. The number of rotatable bonds is 4. The van der Waals surface area contributed by atoms with E-state index >= 15 is 0 Å². The number of hydrogen-bond donors (Lipinski definition) is 1. The van der Waals surface area contributed by atoms with Crippen LogP contribution in [0.25, 0.3) is 5.65 Å². The first-order chi connectivity index (χ1) is 11.2. The number of nitrogens with one attached hydrogen (secondary N) is 1. The van der Waals surface area contributed by atoms with Gasteiger partial charge in [0.25, 0.3) is 5.91 Å². The Hall–Kier alpha value is -1.92. The third kappa shape index (κ3) is 4.53. The van der Waals surface area contributed by atoms with E-state index in [1.165, 1.54) is 0 Å². The van der Waals surface area contributed by atoms with Gasteiger partial charge in [-0.3, -0.25) is 14.1 Å². The first kappa shape index (κ1) is 17.4. The highest BCUT2D eigenvalue weighted by atomic mass is 16.5. The number of nitrogens with zero attached hydrogens (tertiary/aromatic N) is 3. The predicted molar refractivity (Wildman–Crippen MR) is 90.9 cm³/mol. The zero-order valence-electron chi connectivity index (χ0n) is 14.2. The predicted octanol–water partition coefficient (Wildman–Crippen LogP) is 1.73. The van der Waals surface area contributed by atoms with Gasteiger partial charge in [0.05, 0.1) is 19.4 Å². The van der Waals surface area contributed by atoms with Gasteiger partial charge in [-0.2, -0.15) is 0 Å². The highest BCUT2D eigenvalue weighted by Gasteiger charge is 2.13. The Morgan fingerprint density at radius 1 is 1.30 bits per heavy atom. The van der Waals surface area contributed by atoms with E-state index in [0.29, 0.717) is 12.2 Å². The lowest BCUT2D eigenvalue weighted by molar-refractivity contribution is 0.0383. The van der Waals surface area contributed by atoms with Gasteiger partial charge in [0.15, 0.2) is 0 Å². The second kappa shape index (κ2) is 8.64. The van der Waals surface area contributed by atoms with Gasteiger partial charge in [0.1, 0.15) is 11.3 Å². The van der Waals surface area contributed by atoms with Crippen LogP contribution >= 0.6 is 0 Å². The van der Waals surface area contributed by atoms with E-state index in [9.17, 15) is 4.79 Å². The fraction of sp³-hybridized carbons (Fsp3) is 0.529. The maximum atomic E-state index is 12.3. The van der Waals surface area contributed by atoms with Gasteiger partial charge in [0, 0.05) is 32.4 Å². The number of carbonyl (C=O) groups is 1. The number of pyridine rings is 1. The number of ether oxygens (including phenoxy) is 1. The average Bonchev–Trinajstić information content (AvgIpc) is 3.00. The molecule has 1 aliphatic rings. The molecular weight excluding hydrogens is 292 g/mol. The van der Waals surface area contributed by atoms with Crippen molar-refractivity contribution in [2.75, 3.05) is 39.4 Å². The Labute approximate surface area is 137 Å². The molecule has 3 rings (SSSR count). The summed E-state index contributed by atoms with van der Waals surface area (Å²) >= 11 is 0. The Balaban J connectivity index is 0.000000924. The third-order valence-corrected chi connectivity index (χ3v) is 3.70. The number of morpholine rings is 1. The van der Waals surface area contributed by atoms with Crippen molar-refractivity contribution in [1.29, 1.82) is 0 Å². The molecule has 1 saturated heterocycles. The van der Waals surface area contributed by atoms with Crippen molar-refractivity contribution in [3.63, 3.8) is 0 Å².